The van der Waals surface area contributed by atoms with Crippen molar-refractivity contribution in [1.29, 1.82) is 0 Å². The summed E-state index contributed by atoms with van der Waals surface area (Å²) >= 11 is 13.9. The highest BCUT2D eigenvalue weighted by atomic mass is 35.5. The van der Waals surface area contributed by atoms with Gasteiger partial charge < -0.3 is 4.98 Å². The monoisotopic (exact) mass is 323 g/mol. The standard InChI is InChI=1S/C15H11Cl2NOS/c1-2-9-3-4-13(20-9)15-10(7-19)14-11(17)5-8(16)6-12(14)18-15/h3-7,18H,2H2,1H3. The van der Waals surface area contributed by atoms with Gasteiger partial charge in [-0.2, -0.15) is 0 Å². The van der Waals surface area contributed by atoms with Crippen molar-refractivity contribution in [1.82, 2.24) is 4.98 Å². The van der Waals surface area contributed by atoms with Gasteiger partial charge in [0.05, 0.1) is 21.2 Å². The Balaban J connectivity index is 2.30. The third-order valence-corrected chi connectivity index (χ3v) is 4.99. The number of thiophene rings is 1. The van der Waals surface area contributed by atoms with E-state index in [1.165, 1.54) is 4.88 Å². The minimum Gasteiger partial charge on any atom is -0.353 e. The summed E-state index contributed by atoms with van der Waals surface area (Å²) in [6, 6.07) is 7.54. The van der Waals surface area contributed by atoms with Gasteiger partial charge in [-0.05, 0) is 30.7 Å². The van der Waals surface area contributed by atoms with Crippen LogP contribution in [0.3, 0.4) is 0 Å². The molecule has 2 aromatic heterocycles. The van der Waals surface area contributed by atoms with Crippen molar-refractivity contribution in [2.24, 2.45) is 0 Å². The number of aryl methyl sites for hydroxylation is 1. The SMILES string of the molecule is CCc1ccc(-c2[nH]c3cc(Cl)cc(Cl)c3c2C=O)s1. The third-order valence-electron chi connectivity index (χ3n) is 3.23. The predicted molar refractivity (Wildman–Crippen MR) is 86.4 cm³/mol. The van der Waals surface area contributed by atoms with Crippen molar-refractivity contribution in [3.05, 3.63) is 44.8 Å². The molecule has 3 aromatic rings. The summed E-state index contributed by atoms with van der Waals surface area (Å²) in [5, 5.41) is 1.77. The molecule has 0 unspecified atom stereocenters. The minimum atomic E-state index is 0.490. The van der Waals surface area contributed by atoms with Gasteiger partial charge in [0.1, 0.15) is 0 Å². The molecule has 102 valence electrons. The molecule has 0 aliphatic carbocycles. The first-order valence-electron chi connectivity index (χ1n) is 6.19. The molecule has 3 rings (SSSR count). The first-order chi connectivity index (χ1) is 9.63. The van der Waals surface area contributed by atoms with Gasteiger partial charge in [-0.15, -0.1) is 11.3 Å². The van der Waals surface area contributed by atoms with Gasteiger partial charge in [0.25, 0.3) is 0 Å². The molecule has 0 aliphatic rings. The molecule has 5 heteroatoms. The van der Waals surface area contributed by atoms with Crippen molar-refractivity contribution in [2.75, 3.05) is 0 Å². The van der Waals surface area contributed by atoms with Crippen LogP contribution in [0.25, 0.3) is 21.5 Å². The second kappa shape index (κ2) is 5.24. The molecule has 0 amide bonds. The van der Waals surface area contributed by atoms with Crippen molar-refractivity contribution in [2.45, 2.75) is 13.3 Å². The van der Waals surface area contributed by atoms with Gasteiger partial charge in [0.2, 0.25) is 0 Å². The molecule has 2 heterocycles. The predicted octanol–water partition coefficient (Wildman–Crippen LogP) is 5.58. The number of nitrogens with one attached hydrogen (secondary N) is 1. The maximum absolute atomic E-state index is 11.5. The highest BCUT2D eigenvalue weighted by Crippen LogP contribution is 2.37. The number of aromatic nitrogens is 1. The quantitative estimate of drug-likeness (QED) is 0.627. The highest BCUT2D eigenvalue weighted by Gasteiger charge is 2.17. The lowest BCUT2D eigenvalue weighted by atomic mass is 10.1. The lowest BCUT2D eigenvalue weighted by Gasteiger charge is -1.97. The molecule has 0 fully saturated rings. The normalized spacial score (nSPS) is 11.2. The van der Waals surface area contributed by atoms with Crippen LogP contribution in [0.15, 0.2) is 24.3 Å². The second-order valence-electron chi connectivity index (χ2n) is 4.46. The molecule has 0 bridgehead atoms. The maximum atomic E-state index is 11.5. The lowest BCUT2D eigenvalue weighted by molar-refractivity contribution is 0.112. The molecule has 0 radical (unpaired) electrons. The Bertz CT molecular complexity index is 804. The maximum Gasteiger partial charge on any atom is 0.152 e. The fraction of sp³-hybridized carbons (Fsp3) is 0.133. The number of aromatic amines is 1. The first-order valence-corrected chi connectivity index (χ1v) is 7.76. The smallest absolute Gasteiger partial charge is 0.152 e. The van der Waals surface area contributed by atoms with E-state index in [9.17, 15) is 4.79 Å². The van der Waals surface area contributed by atoms with Crippen LogP contribution in [0.4, 0.5) is 0 Å². The van der Waals surface area contributed by atoms with Gasteiger partial charge in [0, 0.05) is 20.8 Å². The summed E-state index contributed by atoms with van der Waals surface area (Å²) < 4.78 is 0. The highest BCUT2D eigenvalue weighted by molar-refractivity contribution is 7.15. The number of rotatable bonds is 3. The van der Waals surface area contributed by atoms with Crippen molar-refractivity contribution in [3.8, 4) is 10.6 Å². The van der Waals surface area contributed by atoms with E-state index in [0.29, 0.717) is 15.6 Å². The molecule has 0 saturated carbocycles. The number of H-pyrrole nitrogens is 1. The summed E-state index contributed by atoms with van der Waals surface area (Å²) in [6.07, 6.45) is 1.83. The van der Waals surface area contributed by atoms with Crippen molar-refractivity contribution in [3.63, 3.8) is 0 Å². The summed E-state index contributed by atoms with van der Waals surface area (Å²) in [4.78, 5) is 17.1. The van der Waals surface area contributed by atoms with E-state index in [2.05, 4.69) is 18.0 Å². The Morgan fingerprint density at radius 2 is 2.10 bits per heavy atom. The number of carbonyl (C=O) groups excluding carboxylic acids is 1. The van der Waals surface area contributed by atoms with Crippen LogP contribution in [0.5, 0.6) is 0 Å². The zero-order valence-corrected chi connectivity index (χ0v) is 13.0. The molecule has 0 aliphatic heterocycles. The van der Waals surface area contributed by atoms with Crippen LogP contribution in [0, 0.1) is 0 Å². The van der Waals surface area contributed by atoms with Gasteiger partial charge in [-0.1, -0.05) is 30.1 Å². The van der Waals surface area contributed by atoms with E-state index in [4.69, 9.17) is 23.2 Å². The minimum absolute atomic E-state index is 0.490. The topological polar surface area (TPSA) is 32.9 Å². The number of carbonyl (C=O) groups is 1. The molecular formula is C15H11Cl2NOS. The average molecular weight is 324 g/mol. The molecule has 20 heavy (non-hydrogen) atoms. The number of aldehydes is 1. The van der Waals surface area contributed by atoms with E-state index in [0.717, 1.165) is 34.2 Å². The van der Waals surface area contributed by atoms with Gasteiger partial charge in [-0.25, -0.2) is 0 Å². The third kappa shape index (κ3) is 2.16. The number of halogens is 2. The number of hydrogen-bond acceptors (Lipinski definition) is 2. The van der Waals surface area contributed by atoms with Gasteiger partial charge in [0.15, 0.2) is 6.29 Å². The van der Waals surface area contributed by atoms with Crippen LogP contribution < -0.4 is 0 Å². The number of fused-ring (bicyclic) bond motifs is 1. The second-order valence-corrected chi connectivity index (χ2v) is 6.47. The Morgan fingerprint density at radius 3 is 2.75 bits per heavy atom. The molecule has 1 aromatic carbocycles. The van der Waals surface area contributed by atoms with E-state index < -0.39 is 0 Å². The first kappa shape index (κ1) is 13.7. The van der Waals surface area contributed by atoms with E-state index in [1.807, 2.05) is 6.07 Å². The summed E-state index contributed by atoms with van der Waals surface area (Å²) in [7, 11) is 0. The van der Waals surface area contributed by atoms with E-state index in [-0.39, 0.29) is 0 Å². The summed E-state index contributed by atoms with van der Waals surface area (Å²) in [6.45, 7) is 2.11. The molecule has 0 atom stereocenters. The Morgan fingerprint density at radius 1 is 1.30 bits per heavy atom. The number of hydrogen-bond donors (Lipinski definition) is 1. The molecule has 0 saturated heterocycles. The van der Waals surface area contributed by atoms with Crippen LogP contribution in [0.1, 0.15) is 22.2 Å². The van der Waals surface area contributed by atoms with Crippen LogP contribution in [-0.4, -0.2) is 11.3 Å². The Kier molecular flexibility index (Phi) is 3.59. The van der Waals surface area contributed by atoms with Crippen LogP contribution in [0.2, 0.25) is 10.0 Å². The zero-order valence-electron chi connectivity index (χ0n) is 10.7. The molecule has 2 nitrogen and oxygen atoms in total. The van der Waals surface area contributed by atoms with Crippen molar-refractivity contribution >= 4 is 51.7 Å². The fourth-order valence-corrected chi connectivity index (χ4v) is 3.84. The number of benzene rings is 1. The van der Waals surface area contributed by atoms with Gasteiger partial charge >= 0.3 is 0 Å². The Hall–Kier alpha value is -1.29. The Labute approximate surface area is 130 Å². The largest absolute Gasteiger partial charge is 0.353 e. The molecule has 1 N–H and O–H groups in total. The van der Waals surface area contributed by atoms with Crippen LogP contribution in [-0.2, 0) is 6.42 Å². The summed E-state index contributed by atoms with van der Waals surface area (Å²) in [5.74, 6) is 0. The molecule has 0 spiro atoms. The van der Waals surface area contributed by atoms with E-state index in [1.54, 1.807) is 23.5 Å². The van der Waals surface area contributed by atoms with Gasteiger partial charge in [-0.3, -0.25) is 4.79 Å². The lowest BCUT2D eigenvalue weighted by Crippen LogP contribution is -1.81. The summed E-state index contributed by atoms with van der Waals surface area (Å²) in [5.41, 5.74) is 2.18. The van der Waals surface area contributed by atoms with Crippen LogP contribution >= 0.6 is 34.5 Å². The fourth-order valence-electron chi connectivity index (χ4n) is 2.29. The molecular weight excluding hydrogens is 313 g/mol. The average Bonchev–Trinajstić information content (AvgIpc) is 3.01. The zero-order chi connectivity index (χ0) is 14.3. The van der Waals surface area contributed by atoms with E-state index >= 15 is 0 Å². The van der Waals surface area contributed by atoms with Crippen molar-refractivity contribution < 1.29 is 4.79 Å².